The number of unbranched alkanes of at least 4 members (excludes halogenated alkanes) is 1. The summed E-state index contributed by atoms with van der Waals surface area (Å²) in [5.74, 6) is 0.949. The first-order valence-electron chi connectivity index (χ1n) is 4.14. The second-order valence-electron chi connectivity index (χ2n) is 2.56. The van der Waals surface area contributed by atoms with Crippen molar-refractivity contribution in [2.24, 2.45) is 0 Å². The van der Waals surface area contributed by atoms with Crippen molar-refractivity contribution in [1.29, 1.82) is 0 Å². The summed E-state index contributed by atoms with van der Waals surface area (Å²) in [5, 5.41) is 0. The predicted octanol–water partition coefficient (Wildman–Crippen LogP) is 1.40. The Balaban J connectivity index is 2.32. The van der Waals surface area contributed by atoms with Crippen LogP contribution < -0.4 is 10.5 Å². The fourth-order valence-electron chi connectivity index (χ4n) is 0.837. The number of anilines is 1. The first kappa shape index (κ1) is 9.51. The SMILES string of the molecule is C=CCCCOc1cc(N)ncn1. The van der Waals surface area contributed by atoms with E-state index in [1.807, 2.05) is 6.08 Å². The number of nitrogens with two attached hydrogens (primary N) is 1. The molecule has 0 saturated carbocycles. The number of aromatic nitrogens is 2. The van der Waals surface area contributed by atoms with E-state index in [0.717, 1.165) is 12.8 Å². The highest BCUT2D eigenvalue weighted by atomic mass is 16.5. The van der Waals surface area contributed by atoms with Crippen molar-refractivity contribution in [2.75, 3.05) is 12.3 Å². The molecule has 0 amide bonds. The van der Waals surface area contributed by atoms with Crippen LogP contribution in [0.3, 0.4) is 0 Å². The molecule has 1 aromatic heterocycles. The number of nitrogens with zero attached hydrogens (tertiary/aromatic N) is 2. The highest BCUT2D eigenvalue weighted by molar-refractivity contribution is 5.30. The molecule has 1 rings (SSSR count). The standard InChI is InChI=1S/C9H13N3O/c1-2-3-4-5-13-9-6-8(10)11-7-12-9/h2,6-7H,1,3-5H2,(H2,10,11,12). The van der Waals surface area contributed by atoms with Crippen molar-refractivity contribution in [3.05, 3.63) is 25.0 Å². The third kappa shape index (κ3) is 3.55. The van der Waals surface area contributed by atoms with E-state index in [1.54, 1.807) is 6.07 Å². The van der Waals surface area contributed by atoms with Gasteiger partial charge in [0.15, 0.2) is 0 Å². The number of rotatable bonds is 5. The van der Waals surface area contributed by atoms with Gasteiger partial charge in [-0.3, -0.25) is 0 Å². The fourth-order valence-corrected chi connectivity index (χ4v) is 0.837. The molecular formula is C9H13N3O. The van der Waals surface area contributed by atoms with Crippen LogP contribution in [0.25, 0.3) is 0 Å². The highest BCUT2D eigenvalue weighted by Gasteiger charge is 1.95. The van der Waals surface area contributed by atoms with E-state index in [4.69, 9.17) is 10.5 Å². The zero-order chi connectivity index (χ0) is 9.52. The summed E-state index contributed by atoms with van der Waals surface area (Å²) in [6, 6.07) is 1.61. The molecule has 1 heterocycles. The van der Waals surface area contributed by atoms with Crippen LogP contribution in [0, 0.1) is 0 Å². The molecule has 0 bridgehead atoms. The van der Waals surface area contributed by atoms with E-state index in [1.165, 1.54) is 6.33 Å². The normalized spacial score (nSPS) is 9.54. The van der Waals surface area contributed by atoms with Gasteiger partial charge < -0.3 is 10.5 Å². The second kappa shape index (κ2) is 5.13. The first-order valence-corrected chi connectivity index (χ1v) is 4.14. The van der Waals surface area contributed by atoms with Crippen LogP contribution in [0.2, 0.25) is 0 Å². The molecule has 0 aliphatic rings. The number of hydrogen-bond acceptors (Lipinski definition) is 4. The van der Waals surface area contributed by atoms with Crippen molar-refractivity contribution in [3.63, 3.8) is 0 Å². The maximum Gasteiger partial charge on any atom is 0.218 e. The van der Waals surface area contributed by atoms with Gasteiger partial charge in [-0.15, -0.1) is 6.58 Å². The zero-order valence-electron chi connectivity index (χ0n) is 7.44. The van der Waals surface area contributed by atoms with Gasteiger partial charge in [0.1, 0.15) is 12.1 Å². The van der Waals surface area contributed by atoms with Gasteiger partial charge in [-0.2, -0.15) is 0 Å². The number of ether oxygens (including phenoxy) is 1. The Morgan fingerprint density at radius 3 is 3.08 bits per heavy atom. The van der Waals surface area contributed by atoms with Crippen molar-refractivity contribution in [3.8, 4) is 5.88 Å². The molecule has 13 heavy (non-hydrogen) atoms. The van der Waals surface area contributed by atoms with Crippen LogP contribution in [-0.4, -0.2) is 16.6 Å². The molecule has 0 aromatic carbocycles. The van der Waals surface area contributed by atoms with Crippen LogP contribution in [-0.2, 0) is 0 Å². The van der Waals surface area contributed by atoms with E-state index in [9.17, 15) is 0 Å². The van der Waals surface area contributed by atoms with Gasteiger partial charge >= 0.3 is 0 Å². The molecule has 2 N–H and O–H groups in total. The summed E-state index contributed by atoms with van der Waals surface area (Å²) in [6.07, 6.45) is 5.13. The van der Waals surface area contributed by atoms with Gasteiger partial charge in [-0.25, -0.2) is 9.97 Å². The zero-order valence-corrected chi connectivity index (χ0v) is 7.44. The molecule has 0 aliphatic carbocycles. The maximum atomic E-state index is 5.44. The van der Waals surface area contributed by atoms with Gasteiger partial charge in [-0.1, -0.05) is 6.08 Å². The van der Waals surface area contributed by atoms with Gasteiger partial charge in [0.05, 0.1) is 6.61 Å². The van der Waals surface area contributed by atoms with Gasteiger partial charge in [0.25, 0.3) is 0 Å². The maximum absolute atomic E-state index is 5.44. The van der Waals surface area contributed by atoms with Gasteiger partial charge in [-0.05, 0) is 12.8 Å². The molecule has 1 aromatic rings. The lowest BCUT2D eigenvalue weighted by Gasteiger charge is -2.03. The summed E-state index contributed by atoms with van der Waals surface area (Å²) in [5.41, 5.74) is 5.44. The number of hydrogen-bond donors (Lipinski definition) is 1. The second-order valence-corrected chi connectivity index (χ2v) is 2.56. The Labute approximate surface area is 77.5 Å². The third-order valence-electron chi connectivity index (χ3n) is 1.47. The lowest BCUT2D eigenvalue weighted by molar-refractivity contribution is 0.300. The Morgan fingerprint density at radius 1 is 1.54 bits per heavy atom. The van der Waals surface area contributed by atoms with Crippen molar-refractivity contribution >= 4 is 5.82 Å². The molecule has 0 atom stereocenters. The van der Waals surface area contributed by atoms with E-state index in [0.29, 0.717) is 18.3 Å². The molecule has 4 heteroatoms. The monoisotopic (exact) mass is 179 g/mol. The first-order chi connectivity index (χ1) is 6.33. The molecule has 4 nitrogen and oxygen atoms in total. The summed E-state index contributed by atoms with van der Waals surface area (Å²) in [4.78, 5) is 7.65. The summed E-state index contributed by atoms with van der Waals surface area (Å²) in [7, 11) is 0. The summed E-state index contributed by atoms with van der Waals surface area (Å²) >= 11 is 0. The molecule has 0 aliphatic heterocycles. The lowest BCUT2D eigenvalue weighted by Crippen LogP contribution is -2.00. The minimum atomic E-state index is 0.425. The van der Waals surface area contributed by atoms with Crippen molar-refractivity contribution in [1.82, 2.24) is 9.97 Å². The topological polar surface area (TPSA) is 61.0 Å². The van der Waals surface area contributed by atoms with E-state index < -0.39 is 0 Å². The minimum absolute atomic E-state index is 0.425. The highest BCUT2D eigenvalue weighted by Crippen LogP contribution is 2.07. The molecule has 0 radical (unpaired) electrons. The molecule has 0 saturated heterocycles. The largest absolute Gasteiger partial charge is 0.478 e. The van der Waals surface area contributed by atoms with Crippen LogP contribution in [0.5, 0.6) is 5.88 Å². The number of allylic oxidation sites excluding steroid dienone is 1. The Morgan fingerprint density at radius 2 is 2.38 bits per heavy atom. The van der Waals surface area contributed by atoms with Gasteiger partial charge in [0, 0.05) is 6.07 Å². The van der Waals surface area contributed by atoms with Gasteiger partial charge in [0.2, 0.25) is 5.88 Å². The molecule has 0 unspecified atom stereocenters. The van der Waals surface area contributed by atoms with E-state index in [-0.39, 0.29) is 0 Å². The lowest BCUT2D eigenvalue weighted by atomic mass is 10.3. The summed E-state index contributed by atoms with van der Waals surface area (Å²) < 4.78 is 5.31. The molecule has 0 fully saturated rings. The minimum Gasteiger partial charge on any atom is -0.478 e. The Kier molecular flexibility index (Phi) is 3.75. The van der Waals surface area contributed by atoms with Crippen molar-refractivity contribution < 1.29 is 4.74 Å². The van der Waals surface area contributed by atoms with Crippen LogP contribution in [0.4, 0.5) is 5.82 Å². The quantitative estimate of drug-likeness (QED) is 0.548. The Bertz CT molecular complexity index is 275. The van der Waals surface area contributed by atoms with Crippen LogP contribution in [0.1, 0.15) is 12.8 Å². The molecule has 70 valence electrons. The molecule has 0 spiro atoms. The third-order valence-corrected chi connectivity index (χ3v) is 1.47. The fraction of sp³-hybridized carbons (Fsp3) is 0.333. The predicted molar refractivity (Wildman–Crippen MR) is 51.4 cm³/mol. The Hall–Kier alpha value is -1.58. The smallest absolute Gasteiger partial charge is 0.218 e. The van der Waals surface area contributed by atoms with Crippen molar-refractivity contribution in [2.45, 2.75) is 12.8 Å². The molecular weight excluding hydrogens is 166 g/mol. The average Bonchev–Trinajstić information content (AvgIpc) is 2.13. The number of nitrogen functional groups attached to an aromatic ring is 1. The van der Waals surface area contributed by atoms with Crippen LogP contribution in [0.15, 0.2) is 25.0 Å². The van der Waals surface area contributed by atoms with Crippen LogP contribution >= 0.6 is 0 Å². The summed E-state index contributed by atoms with van der Waals surface area (Å²) in [6.45, 7) is 4.25. The average molecular weight is 179 g/mol. The van der Waals surface area contributed by atoms with E-state index in [2.05, 4.69) is 16.5 Å². The van der Waals surface area contributed by atoms with E-state index >= 15 is 0 Å².